The van der Waals surface area contributed by atoms with E-state index in [0.717, 1.165) is 21.0 Å². The molecule has 0 saturated carbocycles. The maximum atomic E-state index is 13.4. The first kappa shape index (κ1) is 26.6. The van der Waals surface area contributed by atoms with Gasteiger partial charge in [0.15, 0.2) is 5.25 Å². The number of amides is 1. The Morgan fingerprint density at radius 3 is 2.20 bits per heavy atom. The van der Waals surface area contributed by atoms with Gasteiger partial charge in [-0.2, -0.15) is 0 Å². The molecule has 2 atom stereocenters. The Labute approximate surface area is 208 Å². The van der Waals surface area contributed by atoms with Crippen molar-refractivity contribution >= 4 is 27.6 Å². The number of nitrogens with zero attached hydrogens (tertiary/aromatic N) is 2. The smallest absolute Gasteiger partial charge is 0.327 e. The van der Waals surface area contributed by atoms with Gasteiger partial charge >= 0.3 is 5.97 Å². The van der Waals surface area contributed by atoms with Crippen LogP contribution in [0, 0.1) is 20.8 Å². The fourth-order valence-electron chi connectivity index (χ4n) is 4.65. The minimum Gasteiger partial charge on any atom is -0.461 e. The average molecular weight is 499 g/mol. The van der Waals surface area contributed by atoms with Crippen LogP contribution < -0.4 is 0 Å². The summed E-state index contributed by atoms with van der Waals surface area (Å²) in [7, 11) is -4.06. The number of rotatable bonds is 6. The first-order valence-corrected chi connectivity index (χ1v) is 13.2. The van der Waals surface area contributed by atoms with Crippen molar-refractivity contribution in [2.75, 3.05) is 6.54 Å². The van der Waals surface area contributed by atoms with Gasteiger partial charge in [-0.1, -0.05) is 48.0 Å². The van der Waals surface area contributed by atoms with Crippen LogP contribution >= 0.6 is 0 Å². The van der Waals surface area contributed by atoms with Crippen LogP contribution in [0.3, 0.4) is 0 Å². The summed E-state index contributed by atoms with van der Waals surface area (Å²) >= 11 is 0. The molecule has 3 rings (SSSR count). The van der Waals surface area contributed by atoms with E-state index in [-0.39, 0.29) is 5.71 Å². The molecule has 0 bridgehead atoms. The van der Waals surface area contributed by atoms with E-state index < -0.39 is 45.3 Å². The summed E-state index contributed by atoms with van der Waals surface area (Å²) in [6, 6.07) is 12.7. The van der Waals surface area contributed by atoms with E-state index in [1.165, 1.54) is 5.56 Å². The molecule has 35 heavy (non-hydrogen) atoms. The second kappa shape index (κ2) is 9.93. The van der Waals surface area contributed by atoms with Gasteiger partial charge in [-0.05, 0) is 70.7 Å². The highest BCUT2D eigenvalue weighted by molar-refractivity contribution is 7.91. The van der Waals surface area contributed by atoms with Gasteiger partial charge in [-0.15, -0.1) is 0 Å². The Hall–Kier alpha value is -3.00. The summed E-state index contributed by atoms with van der Waals surface area (Å²) in [5.41, 5.74) is 3.88. The predicted molar refractivity (Wildman–Crippen MR) is 137 cm³/mol. The Kier molecular flexibility index (Phi) is 7.55. The van der Waals surface area contributed by atoms with Crippen molar-refractivity contribution in [3.05, 3.63) is 70.3 Å². The van der Waals surface area contributed by atoms with Gasteiger partial charge < -0.3 is 4.74 Å². The Bertz CT molecular complexity index is 1240. The summed E-state index contributed by atoms with van der Waals surface area (Å²) in [5, 5.41) is -1.27. The van der Waals surface area contributed by atoms with Crippen LogP contribution in [0.5, 0.6) is 0 Å². The van der Waals surface area contributed by atoms with E-state index in [1.54, 1.807) is 51.1 Å². The molecule has 0 spiro atoms. The molecule has 2 aromatic carbocycles. The number of esters is 1. The number of aryl methyl sites for hydroxylation is 3. The lowest BCUT2D eigenvalue weighted by atomic mass is 9.96. The van der Waals surface area contributed by atoms with Crippen LogP contribution in [0.1, 0.15) is 60.8 Å². The minimum absolute atomic E-state index is 0.166. The SMILES string of the molecule is Cc1cc(C)c(CC(C)OC(=O)CN=C2C(=O)N(C(C)(C)C)S(=O)(=O)C2c2ccccc2)c(C)c1. The minimum atomic E-state index is -4.06. The molecule has 188 valence electrons. The van der Waals surface area contributed by atoms with Crippen molar-refractivity contribution in [1.29, 1.82) is 0 Å². The molecule has 7 nitrogen and oxygen atoms in total. The molecule has 8 heteroatoms. The Balaban J connectivity index is 1.83. The number of carbonyl (C=O) groups is 2. The second-order valence-electron chi connectivity index (χ2n) is 10.2. The second-order valence-corrected chi connectivity index (χ2v) is 12.0. The normalized spacial score (nSPS) is 19.7. The highest BCUT2D eigenvalue weighted by Crippen LogP contribution is 2.38. The van der Waals surface area contributed by atoms with E-state index in [9.17, 15) is 18.0 Å². The third kappa shape index (κ3) is 5.64. The van der Waals surface area contributed by atoms with E-state index in [2.05, 4.69) is 17.1 Å². The molecule has 2 aromatic rings. The molecule has 0 aromatic heterocycles. The number of hydrogen-bond acceptors (Lipinski definition) is 6. The van der Waals surface area contributed by atoms with Crippen molar-refractivity contribution < 1.29 is 22.7 Å². The van der Waals surface area contributed by atoms with Gasteiger partial charge in [0.2, 0.25) is 0 Å². The number of sulfonamides is 1. The van der Waals surface area contributed by atoms with E-state index in [4.69, 9.17) is 4.74 Å². The number of benzene rings is 2. The molecular weight excluding hydrogens is 464 g/mol. The molecular formula is C27H34N2O5S. The lowest BCUT2D eigenvalue weighted by Crippen LogP contribution is -2.45. The quantitative estimate of drug-likeness (QED) is 0.556. The molecule has 2 unspecified atom stereocenters. The largest absolute Gasteiger partial charge is 0.461 e. The zero-order valence-electron chi connectivity index (χ0n) is 21.5. The third-order valence-electron chi connectivity index (χ3n) is 5.96. The standard InChI is InChI=1S/C27H34N2O5S/c1-17-13-18(2)22(19(3)14-17)15-20(4)34-23(30)16-28-24-25(21-11-9-8-10-12-21)35(32,33)29(26(24)31)27(5,6)7/h8-14,20,25H,15-16H2,1-7H3. The summed E-state index contributed by atoms with van der Waals surface area (Å²) in [6.45, 7) is 12.4. The highest BCUT2D eigenvalue weighted by Gasteiger charge is 2.54. The van der Waals surface area contributed by atoms with Crippen molar-refractivity contribution in [3.8, 4) is 0 Å². The first-order chi connectivity index (χ1) is 16.2. The summed E-state index contributed by atoms with van der Waals surface area (Å²) < 4.78 is 33.2. The van der Waals surface area contributed by atoms with E-state index >= 15 is 0 Å². The topological polar surface area (TPSA) is 93.1 Å². The van der Waals surface area contributed by atoms with Crippen LogP contribution in [0.15, 0.2) is 47.5 Å². The molecule has 1 heterocycles. The van der Waals surface area contributed by atoms with Crippen LogP contribution in [0.2, 0.25) is 0 Å². The van der Waals surface area contributed by atoms with Crippen molar-refractivity contribution in [2.24, 2.45) is 4.99 Å². The van der Waals surface area contributed by atoms with Gasteiger partial charge in [0.25, 0.3) is 15.9 Å². The monoisotopic (exact) mass is 498 g/mol. The molecule has 0 N–H and O–H groups in total. The van der Waals surface area contributed by atoms with Crippen LogP contribution in [0.25, 0.3) is 0 Å². The third-order valence-corrected chi connectivity index (χ3v) is 8.27. The molecule has 1 amide bonds. The zero-order valence-corrected chi connectivity index (χ0v) is 22.3. The molecule has 0 radical (unpaired) electrons. The maximum Gasteiger partial charge on any atom is 0.327 e. The first-order valence-electron chi connectivity index (χ1n) is 11.7. The number of hydrogen-bond donors (Lipinski definition) is 0. The van der Waals surface area contributed by atoms with Crippen molar-refractivity contribution in [2.45, 2.75) is 71.8 Å². The maximum absolute atomic E-state index is 13.4. The summed E-state index contributed by atoms with van der Waals surface area (Å²) in [6.07, 6.45) is 0.152. The van der Waals surface area contributed by atoms with Crippen LogP contribution in [0.4, 0.5) is 0 Å². The molecule has 0 aliphatic carbocycles. The summed E-state index contributed by atoms with van der Waals surface area (Å²) in [5.74, 6) is -1.32. The highest BCUT2D eigenvalue weighted by atomic mass is 32.2. The fraction of sp³-hybridized carbons (Fsp3) is 0.444. The molecule has 1 aliphatic heterocycles. The van der Waals surface area contributed by atoms with Gasteiger partial charge in [0.05, 0.1) is 5.54 Å². The Morgan fingerprint density at radius 2 is 1.66 bits per heavy atom. The molecule has 1 fully saturated rings. The molecule has 1 aliphatic rings. The van der Waals surface area contributed by atoms with Crippen LogP contribution in [-0.4, -0.2) is 48.5 Å². The summed E-state index contributed by atoms with van der Waals surface area (Å²) in [4.78, 5) is 30.0. The number of aliphatic imine (C=N–C) groups is 1. The van der Waals surface area contributed by atoms with E-state index in [1.807, 2.05) is 27.7 Å². The predicted octanol–water partition coefficient (Wildman–Crippen LogP) is 4.24. The van der Waals surface area contributed by atoms with Gasteiger partial charge in [0.1, 0.15) is 18.4 Å². The van der Waals surface area contributed by atoms with E-state index in [0.29, 0.717) is 12.0 Å². The number of ether oxygens (including phenoxy) is 1. The number of carbonyl (C=O) groups excluding carboxylic acids is 2. The van der Waals surface area contributed by atoms with Crippen molar-refractivity contribution in [1.82, 2.24) is 4.31 Å². The van der Waals surface area contributed by atoms with Gasteiger partial charge in [-0.3, -0.25) is 14.6 Å². The lowest BCUT2D eigenvalue weighted by Gasteiger charge is -2.30. The van der Waals surface area contributed by atoms with Crippen molar-refractivity contribution in [3.63, 3.8) is 0 Å². The Morgan fingerprint density at radius 1 is 1.09 bits per heavy atom. The molecule has 1 saturated heterocycles. The van der Waals surface area contributed by atoms with Gasteiger partial charge in [-0.25, -0.2) is 12.7 Å². The average Bonchev–Trinajstić information content (AvgIpc) is 2.94. The fourth-order valence-corrected chi connectivity index (χ4v) is 6.90. The van der Waals surface area contributed by atoms with Crippen LogP contribution in [-0.2, 0) is 30.8 Å². The zero-order chi connectivity index (χ0) is 26.1. The lowest BCUT2D eigenvalue weighted by molar-refractivity contribution is -0.146. The van der Waals surface area contributed by atoms with Gasteiger partial charge in [0, 0.05) is 6.42 Å².